The number of rotatable bonds is 24. The Morgan fingerprint density at radius 2 is 0.850 bits per heavy atom. The van der Waals surface area contributed by atoms with Gasteiger partial charge in [-0.3, -0.25) is 28.3 Å². The molecule has 4 amide bonds. The van der Waals surface area contributed by atoms with Crippen molar-refractivity contribution in [3.05, 3.63) is 0 Å². The molecule has 0 bridgehead atoms. The SMILES string of the molecule is CC(C)C[C@@H](NC(=O)[C@@H](N)C(C)C)C(=O)NC[C@@H](O)CP(=O)(O)CC1CCCCC1.CC(C)C[C@H](NC(=O)[C@@H](N)C(C)C)C(=O)NC[C@@H](O)CP(=O)(O)CC1CCCCC1. The standard InChI is InChI=1S/2C21H42N3O5P/c2*1-14(2)10-18(24-21(27)19(22)15(3)4)20(26)23-11-17(25)13-30(28,29)12-16-8-6-5-7-9-16/h2*14-19,25H,5-13,22H2,1-4H3,(H,23,26)(H,24,27)(H,28,29)/t17-,18+,19+;17-,18-,19+/m11/s1. The van der Waals surface area contributed by atoms with Crippen molar-refractivity contribution < 1.29 is 48.3 Å². The van der Waals surface area contributed by atoms with Crippen LogP contribution in [0, 0.1) is 35.5 Å². The first kappa shape index (κ1) is 56.1. The Labute approximate surface area is 360 Å². The lowest BCUT2D eigenvalue weighted by atomic mass is 9.91. The van der Waals surface area contributed by atoms with E-state index in [4.69, 9.17) is 11.5 Å². The van der Waals surface area contributed by atoms with Crippen molar-refractivity contribution in [1.29, 1.82) is 0 Å². The Morgan fingerprint density at radius 1 is 0.550 bits per heavy atom. The molecular formula is C42H84N6O10P2. The van der Waals surface area contributed by atoms with Crippen LogP contribution in [0.15, 0.2) is 0 Å². The largest absolute Gasteiger partial charge is 0.391 e. The first-order valence-corrected chi connectivity index (χ1v) is 26.5. The summed E-state index contributed by atoms with van der Waals surface area (Å²) < 4.78 is 25.0. The Morgan fingerprint density at radius 3 is 1.12 bits per heavy atom. The molecule has 2 saturated carbocycles. The van der Waals surface area contributed by atoms with Gasteiger partial charge in [-0.1, -0.05) is 93.9 Å². The summed E-state index contributed by atoms with van der Waals surface area (Å²) in [7, 11) is -6.92. The normalized spacial score (nSPS) is 20.4. The summed E-state index contributed by atoms with van der Waals surface area (Å²) in [6.07, 6.45) is 9.21. The summed E-state index contributed by atoms with van der Waals surface area (Å²) >= 11 is 0. The van der Waals surface area contributed by atoms with Crippen LogP contribution in [0.5, 0.6) is 0 Å². The highest BCUT2D eigenvalue weighted by molar-refractivity contribution is 7.58. The molecule has 2 aliphatic rings. The molecule has 2 aliphatic carbocycles. The van der Waals surface area contributed by atoms with Gasteiger partial charge in [0.15, 0.2) is 0 Å². The number of nitrogens with two attached hydrogens (primary N) is 2. The number of hydrogen-bond acceptors (Lipinski definition) is 10. The van der Waals surface area contributed by atoms with Crippen LogP contribution in [-0.2, 0) is 28.3 Å². The van der Waals surface area contributed by atoms with Crippen LogP contribution in [0.4, 0.5) is 0 Å². The van der Waals surface area contributed by atoms with Crippen LogP contribution >= 0.6 is 14.7 Å². The first-order valence-electron chi connectivity index (χ1n) is 22.5. The first-order chi connectivity index (χ1) is 27.8. The van der Waals surface area contributed by atoms with E-state index in [1.54, 1.807) is 0 Å². The lowest BCUT2D eigenvalue weighted by Crippen LogP contribution is -2.54. The molecule has 0 heterocycles. The van der Waals surface area contributed by atoms with Crippen LogP contribution in [0.2, 0.25) is 0 Å². The van der Waals surface area contributed by atoms with E-state index in [2.05, 4.69) is 21.3 Å². The number of hydrogen-bond donors (Lipinski definition) is 10. The number of carbonyl (C=O) groups excluding carboxylic acids is 4. The quantitative estimate of drug-likeness (QED) is 0.0622. The van der Waals surface area contributed by atoms with Gasteiger partial charge in [0.2, 0.25) is 38.4 Å². The molecule has 0 aromatic carbocycles. The van der Waals surface area contributed by atoms with Crippen molar-refractivity contribution in [3.8, 4) is 0 Å². The van der Waals surface area contributed by atoms with Gasteiger partial charge in [0.1, 0.15) is 12.1 Å². The minimum Gasteiger partial charge on any atom is -0.391 e. The van der Waals surface area contributed by atoms with Crippen molar-refractivity contribution in [2.45, 2.75) is 169 Å². The maximum Gasteiger partial charge on any atom is 0.242 e. The zero-order valence-corrected chi connectivity index (χ0v) is 39.7. The summed E-state index contributed by atoms with van der Waals surface area (Å²) in [5.41, 5.74) is 11.7. The second kappa shape index (κ2) is 28.0. The number of carbonyl (C=O) groups is 4. The zero-order valence-electron chi connectivity index (χ0n) is 37.9. The fraction of sp³-hybridized carbons (Fsp3) is 0.905. The highest BCUT2D eigenvalue weighted by Gasteiger charge is 2.32. The molecule has 0 aliphatic heterocycles. The third kappa shape index (κ3) is 24.1. The van der Waals surface area contributed by atoms with Crippen LogP contribution in [0.1, 0.15) is 132 Å². The van der Waals surface area contributed by atoms with Crippen molar-refractivity contribution >= 4 is 38.4 Å². The summed E-state index contributed by atoms with van der Waals surface area (Å²) in [5, 5.41) is 31.0. The van der Waals surface area contributed by atoms with Crippen molar-refractivity contribution in [2.75, 3.05) is 37.7 Å². The minimum atomic E-state index is -3.46. The third-order valence-electron chi connectivity index (χ3n) is 11.3. The fourth-order valence-corrected chi connectivity index (χ4v) is 11.9. The predicted molar refractivity (Wildman–Crippen MR) is 239 cm³/mol. The summed E-state index contributed by atoms with van der Waals surface area (Å²) in [6, 6.07) is -2.95. The number of aliphatic hydroxyl groups excluding tert-OH is 2. The number of aliphatic hydroxyl groups is 2. The average molecular weight is 895 g/mol. The minimum absolute atomic E-state index is 0.0579. The van der Waals surface area contributed by atoms with Crippen LogP contribution in [0.25, 0.3) is 0 Å². The van der Waals surface area contributed by atoms with Gasteiger partial charge < -0.3 is 52.7 Å². The molecular weight excluding hydrogens is 810 g/mol. The van der Waals surface area contributed by atoms with Crippen molar-refractivity contribution in [3.63, 3.8) is 0 Å². The highest BCUT2D eigenvalue weighted by atomic mass is 31.2. The van der Waals surface area contributed by atoms with Crippen molar-refractivity contribution in [1.82, 2.24) is 21.3 Å². The zero-order chi connectivity index (χ0) is 45.8. The monoisotopic (exact) mass is 895 g/mol. The Hall–Kier alpha value is -1.90. The van der Waals surface area contributed by atoms with E-state index in [9.17, 15) is 48.3 Å². The topological polar surface area (TPSA) is 284 Å². The molecule has 0 spiro atoms. The molecule has 8 atom stereocenters. The van der Waals surface area contributed by atoms with E-state index in [0.717, 1.165) is 51.4 Å². The van der Waals surface area contributed by atoms with Crippen LogP contribution in [0.3, 0.4) is 0 Å². The van der Waals surface area contributed by atoms with E-state index in [1.165, 1.54) is 12.8 Å². The maximum atomic E-state index is 12.6. The molecule has 12 N–H and O–H groups in total. The molecule has 18 heteroatoms. The van der Waals surface area contributed by atoms with Gasteiger partial charge in [-0.15, -0.1) is 0 Å². The molecule has 60 heavy (non-hydrogen) atoms. The van der Waals surface area contributed by atoms with Crippen molar-refractivity contribution in [2.24, 2.45) is 47.0 Å². The molecule has 352 valence electrons. The molecule has 16 nitrogen and oxygen atoms in total. The molecule has 2 rings (SSSR count). The Bertz CT molecular complexity index is 1290. The highest BCUT2D eigenvalue weighted by Crippen LogP contribution is 2.47. The summed E-state index contributed by atoms with van der Waals surface area (Å²) in [4.78, 5) is 70.2. The predicted octanol–water partition coefficient (Wildman–Crippen LogP) is 3.66. The van der Waals surface area contributed by atoms with Gasteiger partial charge in [0, 0.05) is 25.4 Å². The molecule has 2 fully saturated rings. The molecule has 0 saturated heterocycles. The number of amides is 4. The lowest BCUT2D eigenvalue weighted by molar-refractivity contribution is -0.130. The van der Waals surface area contributed by atoms with Gasteiger partial charge in [-0.2, -0.15) is 0 Å². The molecule has 2 unspecified atom stereocenters. The van der Waals surface area contributed by atoms with E-state index in [0.29, 0.717) is 12.8 Å². The van der Waals surface area contributed by atoms with E-state index in [1.807, 2.05) is 55.4 Å². The summed E-state index contributed by atoms with van der Waals surface area (Å²) in [6.45, 7) is 14.8. The second-order valence-corrected chi connectivity index (χ2v) is 24.0. The van der Waals surface area contributed by atoms with Gasteiger partial charge in [-0.05, 0) is 74.0 Å². The smallest absolute Gasteiger partial charge is 0.242 e. The third-order valence-corrected chi connectivity index (χ3v) is 15.4. The fourth-order valence-electron chi connectivity index (χ4n) is 7.71. The van der Waals surface area contributed by atoms with Gasteiger partial charge in [0.25, 0.3) is 0 Å². The molecule has 0 radical (unpaired) electrons. The van der Waals surface area contributed by atoms with E-state index < -0.39 is 74.7 Å². The number of nitrogens with one attached hydrogen (secondary N) is 4. The van der Waals surface area contributed by atoms with Gasteiger partial charge in [-0.25, -0.2) is 0 Å². The molecule has 0 aromatic heterocycles. The summed E-state index contributed by atoms with van der Waals surface area (Å²) in [5.74, 6) is -0.936. The average Bonchev–Trinajstić information content (AvgIpc) is 3.14. The maximum absolute atomic E-state index is 12.6. The molecule has 0 aromatic rings. The van der Waals surface area contributed by atoms with Crippen LogP contribution in [-0.4, -0.2) is 118 Å². The van der Waals surface area contributed by atoms with E-state index >= 15 is 0 Å². The lowest BCUT2D eigenvalue weighted by Gasteiger charge is -2.26. The second-order valence-electron chi connectivity index (χ2n) is 19.1. The van der Waals surface area contributed by atoms with E-state index in [-0.39, 0.29) is 73.2 Å². The Kier molecular flexibility index (Phi) is 26.2. The van der Waals surface area contributed by atoms with Gasteiger partial charge >= 0.3 is 0 Å². The Balaban J connectivity index is 0.000000600. The van der Waals surface area contributed by atoms with Gasteiger partial charge in [0.05, 0.1) is 36.6 Å². The van der Waals surface area contributed by atoms with Crippen LogP contribution < -0.4 is 32.7 Å².